The molecular weight excluding hydrogens is 428 g/mol. The van der Waals surface area contributed by atoms with Gasteiger partial charge in [0.25, 0.3) is 5.91 Å². The summed E-state index contributed by atoms with van der Waals surface area (Å²) in [6, 6.07) is 5.70. The van der Waals surface area contributed by atoms with Crippen molar-refractivity contribution < 1.29 is 4.79 Å². The molecule has 0 aliphatic carbocycles. The van der Waals surface area contributed by atoms with Crippen LogP contribution in [0.2, 0.25) is 0 Å². The van der Waals surface area contributed by atoms with E-state index in [4.69, 9.17) is 11.6 Å². The lowest BCUT2D eigenvalue weighted by molar-refractivity contribution is 0.0945. The number of rotatable bonds is 6. The van der Waals surface area contributed by atoms with Gasteiger partial charge in [-0.05, 0) is 53.1 Å². The van der Waals surface area contributed by atoms with Crippen molar-refractivity contribution >= 4 is 56.0 Å². The zero-order chi connectivity index (χ0) is 13.5. The molecule has 0 aliphatic heterocycles. The van der Waals surface area contributed by atoms with Crippen LogP contribution < -0.4 is 5.32 Å². The number of alkyl halides is 1. The van der Waals surface area contributed by atoms with E-state index >= 15 is 0 Å². The van der Waals surface area contributed by atoms with Crippen LogP contribution in [0.1, 0.15) is 30.1 Å². The highest BCUT2D eigenvalue weighted by Gasteiger charge is 2.12. The first-order chi connectivity index (χ1) is 8.58. The van der Waals surface area contributed by atoms with E-state index in [1.54, 1.807) is 0 Å². The predicted octanol–water partition coefficient (Wildman–Crippen LogP) is 4.44. The molecule has 0 saturated heterocycles. The van der Waals surface area contributed by atoms with Crippen molar-refractivity contribution in [3.05, 3.63) is 31.8 Å². The molecule has 1 atom stereocenters. The van der Waals surface area contributed by atoms with E-state index < -0.39 is 0 Å². The fraction of sp³-hybridized carbons (Fsp3) is 0.462. The maximum atomic E-state index is 12.1. The number of hydrogen-bond acceptors (Lipinski definition) is 1. The molecule has 1 N–H and O–H groups in total. The lowest BCUT2D eigenvalue weighted by Gasteiger charge is -2.14. The zero-order valence-electron chi connectivity index (χ0n) is 10.2. The van der Waals surface area contributed by atoms with E-state index in [0.717, 1.165) is 20.9 Å². The summed E-state index contributed by atoms with van der Waals surface area (Å²) in [6.07, 6.45) is 1.97. The lowest BCUT2D eigenvalue weighted by atomic mass is 10.0. The summed E-state index contributed by atoms with van der Waals surface area (Å²) in [7, 11) is 0. The largest absolute Gasteiger partial charge is 0.352 e. The van der Waals surface area contributed by atoms with Gasteiger partial charge in [-0.25, -0.2) is 0 Å². The van der Waals surface area contributed by atoms with Gasteiger partial charge in [0, 0.05) is 20.5 Å². The first-order valence-corrected chi connectivity index (χ1v) is 8.28. The van der Waals surface area contributed by atoms with E-state index in [0.29, 0.717) is 23.9 Å². The molecule has 0 radical (unpaired) electrons. The van der Waals surface area contributed by atoms with Crippen LogP contribution >= 0.6 is 50.1 Å². The van der Waals surface area contributed by atoms with Crippen molar-refractivity contribution in [1.29, 1.82) is 0 Å². The van der Waals surface area contributed by atoms with Gasteiger partial charge >= 0.3 is 0 Å². The molecule has 1 unspecified atom stereocenters. The predicted molar refractivity (Wildman–Crippen MR) is 88.3 cm³/mol. The highest BCUT2D eigenvalue weighted by atomic mass is 127. The Morgan fingerprint density at radius 3 is 2.89 bits per heavy atom. The second kappa shape index (κ2) is 8.38. The van der Waals surface area contributed by atoms with Gasteiger partial charge in [0.1, 0.15) is 0 Å². The molecule has 1 amide bonds. The van der Waals surface area contributed by atoms with Crippen LogP contribution in [-0.4, -0.2) is 18.3 Å². The van der Waals surface area contributed by atoms with E-state index in [-0.39, 0.29) is 5.91 Å². The highest BCUT2D eigenvalue weighted by Crippen LogP contribution is 2.18. The van der Waals surface area contributed by atoms with Crippen LogP contribution in [-0.2, 0) is 0 Å². The lowest BCUT2D eigenvalue weighted by Crippen LogP contribution is -2.29. The molecule has 5 heteroatoms. The van der Waals surface area contributed by atoms with Gasteiger partial charge in [0.05, 0.1) is 5.56 Å². The summed E-state index contributed by atoms with van der Waals surface area (Å²) in [4.78, 5) is 12.1. The van der Waals surface area contributed by atoms with E-state index in [1.165, 1.54) is 0 Å². The average Bonchev–Trinajstić information content (AvgIpc) is 2.37. The molecule has 1 rings (SSSR count). The van der Waals surface area contributed by atoms with Crippen molar-refractivity contribution in [2.24, 2.45) is 5.92 Å². The monoisotopic (exact) mass is 443 g/mol. The standard InChI is InChI=1S/C13H16BrClINO/c1-2-9(5-6-15)8-17-13(18)11-7-10(14)3-4-12(11)16/h3-4,7,9H,2,5-6,8H2,1H3,(H,17,18). The van der Waals surface area contributed by atoms with Crippen LogP contribution in [0.15, 0.2) is 22.7 Å². The number of carbonyl (C=O) groups is 1. The molecule has 0 spiro atoms. The molecule has 18 heavy (non-hydrogen) atoms. The SMILES string of the molecule is CCC(CCCl)CNC(=O)c1cc(Br)ccc1I. The Morgan fingerprint density at radius 1 is 1.56 bits per heavy atom. The molecule has 0 heterocycles. The third-order valence-corrected chi connectivity index (χ3v) is 4.47. The van der Waals surface area contributed by atoms with Crippen molar-refractivity contribution in [3.63, 3.8) is 0 Å². The molecule has 1 aromatic carbocycles. The third kappa shape index (κ3) is 5.05. The molecule has 0 aromatic heterocycles. The second-order valence-electron chi connectivity index (χ2n) is 4.09. The number of halogens is 3. The fourth-order valence-corrected chi connectivity index (χ4v) is 2.86. The van der Waals surface area contributed by atoms with Crippen molar-refractivity contribution in [2.75, 3.05) is 12.4 Å². The zero-order valence-corrected chi connectivity index (χ0v) is 14.7. The maximum Gasteiger partial charge on any atom is 0.252 e. The molecule has 2 nitrogen and oxygen atoms in total. The highest BCUT2D eigenvalue weighted by molar-refractivity contribution is 14.1. The van der Waals surface area contributed by atoms with Crippen molar-refractivity contribution in [3.8, 4) is 0 Å². The average molecular weight is 445 g/mol. The Balaban J connectivity index is 2.62. The third-order valence-electron chi connectivity index (χ3n) is 2.82. The minimum atomic E-state index is -0.0197. The number of carbonyl (C=O) groups excluding carboxylic acids is 1. The van der Waals surface area contributed by atoms with Gasteiger partial charge < -0.3 is 5.32 Å². The van der Waals surface area contributed by atoms with Gasteiger partial charge in [0.15, 0.2) is 0 Å². The van der Waals surface area contributed by atoms with Gasteiger partial charge in [-0.3, -0.25) is 4.79 Å². The Bertz CT molecular complexity index is 414. The number of benzene rings is 1. The number of hydrogen-bond donors (Lipinski definition) is 1. The molecular formula is C13H16BrClINO. The summed E-state index contributed by atoms with van der Waals surface area (Å²) >= 11 is 11.3. The Hall–Kier alpha value is 0.190. The second-order valence-corrected chi connectivity index (χ2v) is 6.54. The fourth-order valence-electron chi connectivity index (χ4n) is 1.61. The molecule has 0 aliphatic rings. The Morgan fingerprint density at radius 2 is 2.28 bits per heavy atom. The van der Waals surface area contributed by atoms with E-state index in [9.17, 15) is 4.79 Å². The van der Waals surface area contributed by atoms with Crippen LogP contribution in [0.3, 0.4) is 0 Å². The molecule has 100 valence electrons. The van der Waals surface area contributed by atoms with Crippen LogP contribution in [0, 0.1) is 9.49 Å². The molecule has 0 saturated carbocycles. The Kier molecular flexibility index (Phi) is 7.56. The first kappa shape index (κ1) is 16.2. The van der Waals surface area contributed by atoms with Crippen LogP contribution in [0.5, 0.6) is 0 Å². The normalized spacial score (nSPS) is 12.2. The topological polar surface area (TPSA) is 29.1 Å². The summed E-state index contributed by atoms with van der Waals surface area (Å²) < 4.78 is 1.87. The summed E-state index contributed by atoms with van der Waals surface area (Å²) in [5, 5.41) is 2.98. The van der Waals surface area contributed by atoms with E-state index in [2.05, 4.69) is 50.8 Å². The number of amides is 1. The van der Waals surface area contributed by atoms with Crippen LogP contribution in [0.25, 0.3) is 0 Å². The van der Waals surface area contributed by atoms with Crippen molar-refractivity contribution in [2.45, 2.75) is 19.8 Å². The van der Waals surface area contributed by atoms with Crippen LogP contribution in [0.4, 0.5) is 0 Å². The molecule has 0 bridgehead atoms. The minimum absolute atomic E-state index is 0.0197. The Labute approximate surface area is 135 Å². The maximum absolute atomic E-state index is 12.1. The molecule has 1 aromatic rings. The van der Waals surface area contributed by atoms with Gasteiger partial charge in [-0.1, -0.05) is 29.3 Å². The number of nitrogens with one attached hydrogen (secondary N) is 1. The van der Waals surface area contributed by atoms with Crippen molar-refractivity contribution in [1.82, 2.24) is 5.32 Å². The summed E-state index contributed by atoms with van der Waals surface area (Å²) in [6.45, 7) is 2.80. The smallest absolute Gasteiger partial charge is 0.252 e. The van der Waals surface area contributed by atoms with Gasteiger partial charge in [0.2, 0.25) is 0 Å². The summed E-state index contributed by atoms with van der Waals surface area (Å²) in [5.74, 6) is 1.08. The van der Waals surface area contributed by atoms with E-state index in [1.807, 2.05) is 18.2 Å². The quantitative estimate of drug-likeness (QED) is 0.510. The first-order valence-electron chi connectivity index (χ1n) is 5.87. The minimum Gasteiger partial charge on any atom is -0.352 e. The summed E-state index contributed by atoms with van der Waals surface area (Å²) in [5.41, 5.74) is 0.714. The molecule has 0 fully saturated rings. The van der Waals surface area contributed by atoms with Gasteiger partial charge in [-0.2, -0.15) is 0 Å². The van der Waals surface area contributed by atoms with Gasteiger partial charge in [-0.15, -0.1) is 11.6 Å².